The van der Waals surface area contributed by atoms with E-state index in [1.54, 1.807) is 0 Å². The van der Waals surface area contributed by atoms with Gasteiger partial charge in [-0.1, -0.05) is 218 Å². The first kappa shape index (κ1) is 57.0. The Kier molecular flexibility index (Phi) is 12.3. The Hall–Kier alpha value is -14.0. The normalized spacial score (nSPS) is 12.1. The van der Waals surface area contributed by atoms with Crippen molar-refractivity contribution in [2.75, 3.05) is 0 Å². The molecule has 0 bridgehead atoms. The van der Waals surface area contributed by atoms with Crippen molar-refractivity contribution in [3.05, 3.63) is 340 Å². The smallest absolute Gasteiger partial charge is 0.161 e. The number of rotatable bonds is 9. The van der Waals surface area contributed by atoms with Crippen LogP contribution in [0.15, 0.2) is 349 Å². The second-order valence-electron chi connectivity index (χ2n) is 26.9. The molecule has 0 N–H and O–H groups in total. The van der Waals surface area contributed by atoms with Gasteiger partial charge in [0.05, 0.1) is 55.5 Å². The van der Waals surface area contributed by atoms with E-state index in [2.05, 4.69) is 329 Å². The van der Waals surface area contributed by atoms with Gasteiger partial charge in [0.2, 0.25) is 0 Å². The fraction of sp³-hybridized carbons (Fsp3) is 0. The van der Waals surface area contributed by atoms with Crippen molar-refractivity contribution in [1.29, 1.82) is 0 Å². The van der Waals surface area contributed by atoms with Crippen molar-refractivity contribution in [3.8, 4) is 84.3 Å². The molecule has 7 aromatic heterocycles. The second-order valence-corrected chi connectivity index (χ2v) is 26.9. The summed E-state index contributed by atoms with van der Waals surface area (Å²) < 4.78 is 20.8. The molecule has 22 rings (SSSR count). The summed E-state index contributed by atoms with van der Waals surface area (Å²) in [5.41, 5.74) is 26.3. The molecular formula is C95H56N6O2. The van der Waals surface area contributed by atoms with E-state index in [9.17, 15) is 0 Å². The zero-order valence-corrected chi connectivity index (χ0v) is 55.3. The summed E-state index contributed by atoms with van der Waals surface area (Å²) >= 11 is 0. The Morgan fingerprint density at radius 2 is 0.709 bits per heavy atom. The Morgan fingerprint density at radius 1 is 0.214 bits per heavy atom. The number of nitrogens with zero attached hydrogens (tertiary/aromatic N) is 6. The van der Waals surface area contributed by atoms with Crippen molar-refractivity contribution < 1.29 is 8.83 Å². The van der Waals surface area contributed by atoms with Crippen molar-refractivity contribution >= 4 is 131 Å². The molecule has 7 heterocycles. The maximum absolute atomic E-state index is 6.78. The molecule has 22 aromatic rings. The summed E-state index contributed by atoms with van der Waals surface area (Å²) in [6, 6.07) is 122. The first-order valence-electron chi connectivity index (χ1n) is 35.0. The summed E-state index contributed by atoms with van der Waals surface area (Å²) in [6.07, 6.45) is 0. The van der Waals surface area contributed by atoms with Gasteiger partial charge in [-0.15, -0.1) is 0 Å². The fourth-order valence-electron chi connectivity index (χ4n) is 16.6. The number of pyridine rings is 1. The summed E-state index contributed by atoms with van der Waals surface area (Å²) in [4.78, 5) is 16.3. The third kappa shape index (κ3) is 8.81. The van der Waals surface area contributed by atoms with Gasteiger partial charge in [-0.3, -0.25) is 0 Å². The van der Waals surface area contributed by atoms with E-state index < -0.39 is 0 Å². The average molecular weight is 1310 g/mol. The van der Waals surface area contributed by atoms with E-state index >= 15 is 0 Å². The van der Waals surface area contributed by atoms with E-state index in [0.29, 0.717) is 5.82 Å². The fourth-order valence-corrected chi connectivity index (χ4v) is 16.6. The molecule has 0 saturated carbocycles. The SMILES string of the molecule is c1ccc(-c2ccc3c(c2)c2ccccc2n3-c2ccc3oc4cccc(-c5cc(-c6ccccc6)c6ccc(-c7ccc8c9cc%10c%11ccccc%11n(-c%11ccc%12oc%13cccc(-c%14nc(-c%15ccccc%15)c%15ccccc%15n%14)c%13c%12c%11)c%10cc9n(-c9ccccc9)c8c7)cc6n5)c4c3c2)cc1. The van der Waals surface area contributed by atoms with Crippen LogP contribution < -0.4 is 0 Å². The first-order chi connectivity index (χ1) is 51.0. The van der Waals surface area contributed by atoms with Gasteiger partial charge in [0.1, 0.15) is 22.3 Å². The molecule has 8 heteroatoms. The van der Waals surface area contributed by atoms with E-state index in [1.807, 2.05) is 24.3 Å². The van der Waals surface area contributed by atoms with Gasteiger partial charge < -0.3 is 22.5 Å². The highest BCUT2D eigenvalue weighted by atomic mass is 16.3. The maximum atomic E-state index is 6.78. The summed E-state index contributed by atoms with van der Waals surface area (Å²) in [5.74, 6) is 0.648. The quantitative estimate of drug-likeness (QED) is 0.144. The van der Waals surface area contributed by atoms with Crippen molar-refractivity contribution in [1.82, 2.24) is 28.7 Å². The summed E-state index contributed by atoms with van der Waals surface area (Å²) in [7, 11) is 0. The van der Waals surface area contributed by atoms with E-state index in [0.717, 1.165) is 172 Å². The number of hydrogen-bond acceptors (Lipinski definition) is 5. The molecule has 0 amide bonds. The molecule has 0 atom stereocenters. The third-order valence-electron chi connectivity index (χ3n) is 21.2. The van der Waals surface area contributed by atoms with E-state index in [4.69, 9.17) is 23.8 Å². The van der Waals surface area contributed by atoms with Gasteiger partial charge in [-0.05, 0) is 155 Å². The van der Waals surface area contributed by atoms with Gasteiger partial charge in [-0.25, -0.2) is 15.0 Å². The van der Waals surface area contributed by atoms with Crippen molar-refractivity contribution in [2.45, 2.75) is 0 Å². The lowest BCUT2D eigenvalue weighted by Gasteiger charge is -2.13. The van der Waals surface area contributed by atoms with Gasteiger partial charge in [0.15, 0.2) is 5.82 Å². The summed E-state index contributed by atoms with van der Waals surface area (Å²) in [6.45, 7) is 0. The zero-order chi connectivity index (χ0) is 67.4. The van der Waals surface area contributed by atoms with Crippen LogP contribution in [-0.2, 0) is 0 Å². The zero-order valence-electron chi connectivity index (χ0n) is 55.3. The molecule has 478 valence electrons. The minimum atomic E-state index is 0.648. The molecule has 0 aliphatic heterocycles. The van der Waals surface area contributed by atoms with Gasteiger partial charge >= 0.3 is 0 Å². The van der Waals surface area contributed by atoms with Crippen LogP contribution in [0.1, 0.15) is 0 Å². The number of benzene rings is 15. The van der Waals surface area contributed by atoms with Crippen molar-refractivity contribution in [2.24, 2.45) is 0 Å². The lowest BCUT2D eigenvalue weighted by atomic mass is 9.94. The predicted molar refractivity (Wildman–Crippen MR) is 425 cm³/mol. The van der Waals surface area contributed by atoms with Crippen LogP contribution >= 0.6 is 0 Å². The van der Waals surface area contributed by atoms with Gasteiger partial charge in [0.25, 0.3) is 0 Å². The molecule has 0 fully saturated rings. The number of furan rings is 2. The molecule has 0 saturated heterocycles. The molecular weight excluding hydrogens is 1260 g/mol. The number of hydrogen-bond donors (Lipinski definition) is 0. The molecule has 103 heavy (non-hydrogen) atoms. The van der Waals surface area contributed by atoms with Crippen LogP contribution in [0.4, 0.5) is 0 Å². The lowest BCUT2D eigenvalue weighted by molar-refractivity contribution is 0.668. The topological polar surface area (TPSA) is 79.7 Å². The highest BCUT2D eigenvalue weighted by Gasteiger charge is 2.25. The average Bonchev–Trinajstić information content (AvgIpc) is 1.56. The van der Waals surface area contributed by atoms with E-state index in [1.165, 1.54) is 38.1 Å². The van der Waals surface area contributed by atoms with Crippen LogP contribution in [-0.4, -0.2) is 28.7 Å². The number of fused-ring (bicyclic) bond motifs is 17. The molecule has 0 radical (unpaired) electrons. The van der Waals surface area contributed by atoms with Crippen LogP contribution in [0, 0.1) is 0 Å². The highest BCUT2D eigenvalue weighted by molar-refractivity contribution is 6.21. The largest absolute Gasteiger partial charge is 0.456 e. The highest BCUT2D eigenvalue weighted by Crippen LogP contribution is 2.46. The number of para-hydroxylation sites is 4. The Balaban J connectivity index is 0.696. The van der Waals surface area contributed by atoms with Crippen LogP contribution in [0.3, 0.4) is 0 Å². The molecule has 8 nitrogen and oxygen atoms in total. The Labute approximate surface area is 589 Å². The third-order valence-corrected chi connectivity index (χ3v) is 21.2. The Morgan fingerprint density at radius 3 is 1.39 bits per heavy atom. The number of aromatic nitrogens is 6. The van der Waals surface area contributed by atoms with Crippen LogP contribution in [0.2, 0.25) is 0 Å². The van der Waals surface area contributed by atoms with Crippen molar-refractivity contribution in [3.63, 3.8) is 0 Å². The van der Waals surface area contributed by atoms with Gasteiger partial charge in [0, 0.05) is 98.4 Å². The monoisotopic (exact) mass is 1310 g/mol. The van der Waals surface area contributed by atoms with Crippen LogP contribution in [0.5, 0.6) is 0 Å². The van der Waals surface area contributed by atoms with Crippen LogP contribution in [0.25, 0.3) is 215 Å². The minimum absolute atomic E-state index is 0.648. The lowest BCUT2D eigenvalue weighted by Crippen LogP contribution is -1.96. The molecule has 0 aliphatic carbocycles. The standard InChI is InChI=1S/C95H56N6O2/c1-5-21-57(22-6-1)60-41-46-84-74(49-60)67-29-14-17-35-82(67)100(84)64-42-47-88-77(52-64)92-70(32-19-37-90(92)102-88)81-55-73(58-23-7-2-8-24-58)66-44-39-61(50-80(66)96-81)62-40-45-69-76-54-75-68-30-15-18-36-83(68)101(87(75)56-86(76)99(85(69)51-62)63-27-11-4-12-28-63)65-43-48-89-78(53-65)93-72(33-20-38-91(93)103-89)95-97-79-34-16-13-31-71(79)94(98-95)59-25-9-3-10-26-59/h1-56H. The van der Waals surface area contributed by atoms with E-state index in [-0.39, 0.29) is 0 Å². The minimum Gasteiger partial charge on any atom is -0.456 e. The second kappa shape index (κ2) is 22.3. The maximum Gasteiger partial charge on any atom is 0.161 e. The molecule has 0 unspecified atom stereocenters. The molecule has 0 spiro atoms. The summed E-state index contributed by atoms with van der Waals surface area (Å²) in [5, 5.41) is 13.2. The molecule has 15 aromatic carbocycles. The molecule has 0 aliphatic rings. The van der Waals surface area contributed by atoms with Gasteiger partial charge in [-0.2, -0.15) is 0 Å². The first-order valence-corrected chi connectivity index (χ1v) is 35.0. The predicted octanol–water partition coefficient (Wildman–Crippen LogP) is 25.3. The Bertz CT molecular complexity index is 7290.